The number of amides is 1. The van der Waals surface area contributed by atoms with Crippen molar-refractivity contribution in [3.05, 3.63) is 90.0 Å². The number of ether oxygens (including phenoxy) is 1. The van der Waals surface area contributed by atoms with Crippen LogP contribution in [0.3, 0.4) is 0 Å². The van der Waals surface area contributed by atoms with Gasteiger partial charge in [-0.05, 0) is 68.1 Å². The number of para-hydroxylation sites is 2. The van der Waals surface area contributed by atoms with Crippen molar-refractivity contribution >= 4 is 16.9 Å². The van der Waals surface area contributed by atoms with Crippen LogP contribution in [-0.2, 0) is 13.0 Å². The highest BCUT2D eigenvalue weighted by Crippen LogP contribution is 2.18. The Morgan fingerprint density at radius 1 is 1.00 bits per heavy atom. The van der Waals surface area contributed by atoms with E-state index in [-0.39, 0.29) is 5.91 Å². The summed E-state index contributed by atoms with van der Waals surface area (Å²) in [5, 5.41) is 2.98. The lowest BCUT2D eigenvalue weighted by atomic mass is 10.2. The first-order valence-electron chi connectivity index (χ1n) is 11.5. The Hall–Kier alpha value is -3.67. The molecule has 4 rings (SSSR count). The maximum atomic E-state index is 12.2. The molecule has 6 heteroatoms. The van der Waals surface area contributed by atoms with Crippen molar-refractivity contribution in [3.63, 3.8) is 0 Å². The van der Waals surface area contributed by atoms with E-state index >= 15 is 0 Å². The molecule has 2 aromatic carbocycles. The number of fused-ring (bicyclic) bond motifs is 1. The molecule has 2 aromatic heterocycles. The fourth-order valence-electron chi connectivity index (χ4n) is 3.89. The van der Waals surface area contributed by atoms with Gasteiger partial charge in [0, 0.05) is 37.5 Å². The summed E-state index contributed by atoms with van der Waals surface area (Å²) in [6.07, 6.45) is 6.88. The number of nitrogens with one attached hydrogen (secondary N) is 1. The van der Waals surface area contributed by atoms with E-state index in [0.717, 1.165) is 54.8 Å². The summed E-state index contributed by atoms with van der Waals surface area (Å²) in [5.74, 6) is 1.92. The second-order valence-electron chi connectivity index (χ2n) is 8.14. The molecular formula is C27H30N4O2. The molecule has 0 atom stereocenters. The van der Waals surface area contributed by atoms with Crippen molar-refractivity contribution in [1.82, 2.24) is 19.9 Å². The molecule has 170 valence electrons. The maximum Gasteiger partial charge on any atom is 0.251 e. The molecule has 1 N–H and O–H groups in total. The summed E-state index contributed by atoms with van der Waals surface area (Å²) < 4.78 is 8.21. The van der Waals surface area contributed by atoms with Crippen LogP contribution in [0.15, 0.2) is 73.1 Å². The number of nitrogens with zero attached hydrogens (tertiary/aromatic N) is 3. The third kappa shape index (κ3) is 6.19. The number of aromatic nitrogens is 3. The monoisotopic (exact) mass is 442 g/mol. The topological polar surface area (TPSA) is 69.0 Å². The Bertz CT molecular complexity index is 1190. The van der Waals surface area contributed by atoms with Crippen LogP contribution in [0.5, 0.6) is 5.75 Å². The quantitative estimate of drug-likeness (QED) is 0.333. The summed E-state index contributed by atoms with van der Waals surface area (Å²) in [6.45, 7) is 4.28. The molecule has 6 nitrogen and oxygen atoms in total. The summed E-state index contributed by atoms with van der Waals surface area (Å²) in [4.78, 5) is 21.0. The van der Waals surface area contributed by atoms with Gasteiger partial charge in [-0.1, -0.05) is 24.3 Å². The molecule has 0 unspecified atom stereocenters. The zero-order chi connectivity index (χ0) is 22.9. The molecule has 4 aromatic rings. The van der Waals surface area contributed by atoms with Gasteiger partial charge in [-0.3, -0.25) is 9.78 Å². The predicted octanol–water partition coefficient (Wildman–Crippen LogP) is 4.96. The predicted molar refractivity (Wildman–Crippen MR) is 131 cm³/mol. The Labute approximate surface area is 194 Å². The van der Waals surface area contributed by atoms with Gasteiger partial charge in [0.1, 0.15) is 11.6 Å². The normalized spacial score (nSPS) is 10.9. The zero-order valence-corrected chi connectivity index (χ0v) is 19.0. The van der Waals surface area contributed by atoms with Crippen molar-refractivity contribution in [2.24, 2.45) is 0 Å². The smallest absolute Gasteiger partial charge is 0.251 e. The number of rotatable bonds is 11. The van der Waals surface area contributed by atoms with Crippen LogP contribution in [0.25, 0.3) is 11.0 Å². The fraction of sp³-hybridized carbons (Fsp3) is 0.296. The van der Waals surface area contributed by atoms with Gasteiger partial charge in [-0.15, -0.1) is 0 Å². The number of aryl methyl sites for hydroxylation is 3. The number of imidazole rings is 1. The summed E-state index contributed by atoms with van der Waals surface area (Å²) in [7, 11) is 0. The zero-order valence-electron chi connectivity index (χ0n) is 19.0. The first kappa shape index (κ1) is 22.5. The van der Waals surface area contributed by atoms with E-state index in [9.17, 15) is 4.79 Å². The van der Waals surface area contributed by atoms with Gasteiger partial charge in [0.15, 0.2) is 0 Å². The molecule has 1 amide bonds. The Morgan fingerprint density at radius 2 is 1.85 bits per heavy atom. The van der Waals surface area contributed by atoms with Gasteiger partial charge >= 0.3 is 0 Å². The van der Waals surface area contributed by atoms with Crippen LogP contribution in [0.2, 0.25) is 0 Å². The van der Waals surface area contributed by atoms with Gasteiger partial charge in [0.05, 0.1) is 17.6 Å². The molecule has 0 bridgehead atoms. The van der Waals surface area contributed by atoms with Crippen LogP contribution in [-0.4, -0.2) is 33.6 Å². The molecule has 0 fully saturated rings. The molecule has 0 radical (unpaired) electrons. The van der Waals surface area contributed by atoms with E-state index in [4.69, 9.17) is 9.72 Å². The molecule has 0 aliphatic heterocycles. The Morgan fingerprint density at radius 3 is 2.70 bits per heavy atom. The van der Waals surface area contributed by atoms with E-state index in [1.165, 1.54) is 5.56 Å². The third-order valence-corrected chi connectivity index (χ3v) is 5.57. The van der Waals surface area contributed by atoms with E-state index in [1.54, 1.807) is 24.5 Å². The van der Waals surface area contributed by atoms with E-state index in [1.807, 2.05) is 18.2 Å². The minimum absolute atomic E-state index is 0.0699. The summed E-state index contributed by atoms with van der Waals surface area (Å²) in [5.41, 5.74) is 4.02. The van der Waals surface area contributed by atoms with Gasteiger partial charge < -0.3 is 14.6 Å². The molecule has 33 heavy (non-hydrogen) atoms. The SMILES string of the molecule is Cc1cccc(OCCCCn2c(CCCNC(=O)c3ccncc3)nc3ccccc32)c1. The van der Waals surface area contributed by atoms with Crippen LogP contribution in [0, 0.1) is 6.92 Å². The number of unbranched alkanes of at least 4 members (excludes halogenated alkanes) is 1. The first-order valence-corrected chi connectivity index (χ1v) is 11.5. The van der Waals surface area contributed by atoms with Gasteiger partial charge in [0.25, 0.3) is 5.91 Å². The number of hydrogen-bond donors (Lipinski definition) is 1. The molecule has 0 saturated carbocycles. The summed E-state index contributed by atoms with van der Waals surface area (Å²) >= 11 is 0. The average molecular weight is 443 g/mol. The second kappa shape index (κ2) is 11.3. The number of hydrogen-bond acceptors (Lipinski definition) is 4. The van der Waals surface area contributed by atoms with Crippen molar-refractivity contribution in [2.75, 3.05) is 13.2 Å². The minimum Gasteiger partial charge on any atom is -0.494 e. The van der Waals surface area contributed by atoms with Crippen molar-refractivity contribution < 1.29 is 9.53 Å². The number of carbonyl (C=O) groups excluding carboxylic acids is 1. The van der Waals surface area contributed by atoms with Gasteiger partial charge in [0.2, 0.25) is 0 Å². The van der Waals surface area contributed by atoms with Crippen molar-refractivity contribution in [3.8, 4) is 5.75 Å². The minimum atomic E-state index is -0.0699. The molecule has 0 saturated heterocycles. The number of carbonyl (C=O) groups is 1. The largest absolute Gasteiger partial charge is 0.494 e. The molecule has 0 aliphatic rings. The van der Waals surface area contributed by atoms with Gasteiger partial charge in [-0.25, -0.2) is 4.98 Å². The average Bonchev–Trinajstić information content (AvgIpc) is 3.19. The lowest BCUT2D eigenvalue weighted by Crippen LogP contribution is -2.25. The second-order valence-corrected chi connectivity index (χ2v) is 8.14. The van der Waals surface area contributed by atoms with Crippen molar-refractivity contribution in [1.29, 1.82) is 0 Å². The lowest BCUT2D eigenvalue weighted by Gasteiger charge is -2.11. The lowest BCUT2D eigenvalue weighted by molar-refractivity contribution is 0.0953. The fourth-order valence-corrected chi connectivity index (χ4v) is 3.89. The van der Waals surface area contributed by atoms with Crippen molar-refractivity contribution in [2.45, 2.75) is 39.2 Å². The molecular weight excluding hydrogens is 412 g/mol. The maximum absolute atomic E-state index is 12.2. The highest BCUT2D eigenvalue weighted by Gasteiger charge is 2.11. The summed E-state index contributed by atoms with van der Waals surface area (Å²) in [6, 6.07) is 19.9. The van der Waals surface area contributed by atoms with E-state index in [0.29, 0.717) is 18.7 Å². The van der Waals surface area contributed by atoms with E-state index < -0.39 is 0 Å². The van der Waals surface area contributed by atoms with Crippen LogP contribution in [0.4, 0.5) is 0 Å². The van der Waals surface area contributed by atoms with E-state index in [2.05, 4.69) is 52.1 Å². The molecule has 0 aliphatic carbocycles. The molecule has 2 heterocycles. The first-order chi connectivity index (χ1) is 16.2. The standard InChI is InChI=1S/C27H30N4O2/c1-21-8-6-9-23(20-21)33-19-5-4-18-31-25-11-3-2-10-24(25)30-26(31)12-7-15-29-27(32)22-13-16-28-17-14-22/h2-3,6,8-11,13-14,16-17,20H,4-5,7,12,15,18-19H2,1H3,(H,29,32). The highest BCUT2D eigenvalue weighted by atomic mass is 16.5. The van der Waals surface area contributed by atoms with Crippen LogP contribution >= 0.6 is 0 Å². The third-order valence-electron chi connectivity index (χ3n) is 5.57. The highest BCUT2D eigenvalue weighted by molar-refractivity contribution is 5.93. The number of pyridine rings is 1. The van der Waals surface area contributed by atoms with Crippen LogP contribution < -0.4 is 10.1 Å². The Kier molecular flexibility index (Phi) is 7.69. The molecule has 0 spiro atoms. The van der Waals surface area contributed by atoms with Crippen LogP contribution in [0.1, 0.15) is 41.0 Å². The van der Waals surface area contributed by atoms with Gasteiger partial charge in [-0.2, -0.15) is 0 Å². The Balaban J connectivity index is 1.29. The number of benzene rings is 2.